The molecule has 0 N–H and O–H groups in total. The molecule has 2 rings (SSSR count). The van der Waals surface area contributed by atoms with Gasteiger partial charge in [0.05, 0.1) is 0 Å². The number of rotatable bonds is 2. The van der Waals surface area contributed by atoms with Gasteiger partial charge < -0.3 is 4.42 Å². The van der Waals surface area contributed by atoms with Crippen LogP contribution in [-0.2, 0) is 0 Å². The second-order valence-corrected chi connectivity index (χ2v) is 4.61. The fraction of sp³-hybridized carbons (Fsp3) is 0.462. The lowest BCUT2D eigenvalue weighted by Crippen LogP contribution is -1.88. The minimum absolute atomic E-state index is 0.428. The van der Waals surface area contributed by atoms with E-state index in [1.807, 2.05) is 12.4 Å². The lowest BCUT2D eigenvalue weighted by Gasteiger charge is -2.04. The van der Waals surface area contributed by atoms with Crippen LogP contribution in [-0.4, -0.2) is 4.98 Å². The van der Waals surface area contributed by atoms with Crippen LogP contribution in [0.1, 0.15) is 50.9 Å². The van der Waals surface area contributed by atoms with Crippen LogP contribution < -0.4 is 0 Å². The molecule has 0 unspecified atom stereocenters. The van der Waals surface area contributed by atoms with Crippen molar-refractivity contribution >= 4 is 11.0 Å². The highest BCUT2D eigenvalue weighted by Crippen LogP contribution is 2.29. The van der Waals surface area contributed by atoms with Crippen molar-refractivity contribution in [1.29, 1.82) is 0 Å². The van der Waals surface area contributed by atoms with Crippen molar-refractivity contribution in [2.45, 2.75) is 39.5 Å². The van der Waals surface area contributed by atoms with Crippen molar-refractivity contribution in [2.75, 3.05) is 0 Å². The predicted molar refractivity (Wildman–Crippen MR) is 62.2 cm³/mol. The Kier molecular flexibility index (Phi) is 2.51. The van der Waals surface area contributed by atoms with Gasteiger partial charge in [-0.1, -0.05) is 27.7 Å². The molecule has 2 aromatic rings. The Labute approximate surface area is 90.3 Å². The highest BCUT2D eigenvalue weighted by Gasteiger charge is 2.12. The maximum Gasteiger partial charge on any atom is 0.140 e. The number of furan rings is 1. The molecule has 80 valence electrons. The van der Waals surface area contributed by atoms with Gasteiger partial charge >= 0.3 is 0 Å². The van der Waals surface area contributed by atoms with E-state index < -0.39 is 0 Å². The summed E-state index contributed by atoms with van der Waals surface area (Å²) < 4.78 is 5.88. The molecule has 2 nitrogen and oxygen atoms in total. The number of aromatic nitrogens is 1. The van der Waals surface area contributed by atoms with E-state index in [-0.39, 0.29) is 0 Å². The lowest BCUT2D eigenvalue weighted by molar-refractivity contribution is 0.517. The van der Waals surface area contributed by atoms with Gasteiger partial charge in [-0.15, -0.1) is 0 Å². The molecule has 0 aliphatic carbocycles. The van der Waals surface area contributed by atoms with E-state index in [4.69, 9.17) is 4.42 Å². The summed E-state index contributed by atoms with van der Waals surface area (Å²) in [5, 5.41) is 1.12. The van der Waals surface area contributed by atoms with Crippen LogP contribution in [0.3, 0.4) is 0 Å². The molecule has 0 fully saturated rings. The van der Waals surface area contributed by atoms with Gasteiger partial charge in [-0.05, 0) is 12.0 Å². The zero-order valence-corrected chi connectivity index (χ0v) is 9.74. The first-order chi connectivity index (χ1) is 7.09. The molecule has 0 radical (unpaired) electrons. The summed E-state index contributed by atoms with van der Waals surface area (Å²) in [4.78, 5) is 4.25. The molecule has 0 saturated heterocycles. The first kappa shape index (κ1) is 10.2. The summed E-state index contributed by atoms with van der Waals surface area (Å²) in [7, 11) is 0. The van der Waals surface area contributed by atoms with Crippen LogP contribution in [0.5, 0.6) is 0 Å². The maximum atomic E-state index is 5.88. The maximum absolute atomic E-state index is 5.88. The largest absolute Gasteiger partial charge is 0.460 e. The van der Waals surface area contributed by atoms with Crippen molar-refractivity contribution in [3.8, 4) is 0 Å². The predicted octanol–water partition coefficient (Wildman–Crippen LogP) is 4.07. The Balaban J connectivity index is 2.64. The Morgan fingerprint density at radius 3 is 2.40 bits per heavy atom. The normalized spacial score (nSPS) is 11.9. The van der Waals surface area contributed by atoms with E-state index >= 15 is 0 Å². The SMILES string of the molecule is CC(C)c1cc2cncc(C(C)C)c2o1. The van der Waals surface area contributed by atoms with Gasteiger partial charge in [0.15, 0.2) is 0 Å². The number of pyridine rings is 1. The Morgan fingerprint density at radius 2 is 1.80 bits per heavy atom. The molecule has 0 bridgehead atoms. The van der Waals surface area contributed by atoms with E-state index in [0.29, 0.717) is 11.8 Å². The Hall–Kier alpha value is -1.31. The quantitative estimate of drug-likeness (QED) is 0.735. The van der Waals surface area contributed by atoms with Gasteiger partial charge in [-0.2, -0.15) is 0 Å². The number of hydrogen-bond donors (Lipinski definition) is 0. The summed E-state index contributed by atoms with van der Waals surface area (Å²) in [6.07, 6.45) is 3.78. The van der Waals surface area contributed by atoms with Gasteiger partial charge in [0.25, 0.3) is 0 Å². The van der Waals surface area contributed by atoms with Crippen molar-refractivity contribution in [1.82, 2.24) is 4.98 Å². The number of fused-ring (bicyclic) bond motifs is 1. The Morgan fingerprint density at radius 1 is 1.07 bits per heavy atom. The molecular formula is C13H17NO. The molecular weight excluding hydrogens is 186 g/mol. The summed E-state index contributed by atoms with van der Waals surface area (Å²) in [6.45, 7) is 8.60. The molecule has 2 heteroatoms. The second-order valence-electron chi connectivity index (χ2n) is 4.61. The van der Waals surface area contributed by atoms with Crippen LogP contribution in [0.15, 0.2) is 22.9 Å². The standard InChI is InChI=1S/C13H17NO/c1-8(2)11-7-14-6-10-5-12(9(3)4)15-13(10)11/h5-9H,1-4H3. The van der Waals surface area contributed by atoms with Crippen LogP contribution >= 0.6 is 0 Å². The molecule has 0 atom stereocenters. The van der Waals surface area contributed by atoms with Crippen molar-refractivity contribution < 1.29 is 4.42 Å². The lowest BCUT2D eigenvalue weighted by atomic mass is 10.0. The summed E-state index contributed by atoms with van der Waals surface area (Å²) in [5.41, 5.74) is 2.20. The van der Waals surface area contributed by atoms with Gasteiger partial charge in [0.1, 0.15) is 11.3 Å². The topological polar surface area (TPSA) is 26.0 Å². The third-order valence-corrected chi connectivity index (χ3v) is 2.66. The summed E-state index contributed by atoms with van der Waals surface area (Å²) >= 11 is 0. The van der Waals surface area contributed by atoms with Crippen LogP contribution in [0, 0.1) is 0 Å². The minimum atomic E-state index is 0.428. The smallest absolute Gasteiger partial charge is 0.140 e. The number of nitrogens with zero attached hydrogens (tertiary/aromatic N) is 1. The molecule has 0 amide bonds. The minimum Gasteiger partial charge on any atom is -0.460 e. The van der Waals surface area contributed by atoms with E-state index in [0.717, 1.165) is 16.7 Å². The summed E-state index contributed by atoms with van der Waals surface area (Å²) in [6, 6.07) is 2.10. The third-order valence-electron chi connectivity index (χ3n) is 2.66. The van der Waals surface area contributed by atoms with E-state index in [2.05, 4.69) is 38.7 Å². The molecule has 0 aliphatic rings. The average molecular weight is 203 g/mol. The molecule has 0 spiro atoms. The zero-order valence-electron chi connectivity index (χ0n) is 9.74. The fourth-order valence-corrected chi connectivity index (χ4v) is 1.70. The van der Waals surface area contributed by atoms with Crippen molar-refractivity contribution in [3.63, 3.8) is 0 Å². The summed E-state index contributed by atoms with van der Waals surface area (Å²) in [5.74, 6) is 1.92. The average Bonchev–Trinajstić information content (AvgIpc) is 2.60. The molecule has 0 aromatic carbocycles. The molecule has 2 aromatic heterocycles. The number of hydrogen-bond acceptors (Lipinski definition) is 2. The molecule has 15 heavy (non-hydrogen) atoms. The Bertz CT molecular complexity index is 468. The molecule has 0 saturated carbocycles. The third kappa shape index (κ3) is 1.76. The van der Waals surface area contributed by atoms with Gasteiger partial charge in [-0.3, -0.25) is 4.98 Å². The van der Waals surface area contributed by atoms with Gasteiger partial charge in [-0.25, -0.2) is 0 Å². The van der Waals surface area contributed by atoms with E-state index in [9.17, 15) is 0 Å². The van der Waals surface area contributed by atoms with Gasteiger partial charge in [0.2, 0.25) is 0 Å². The fourth-order valence-electron chi connectivity index (χ4n) is 1.70. The monoisotopic (exact) mass is 203 g/mol. The van der Waals surface area contributed by atoms with Crippen molar-refractivity contribution in [2.24, 2.45) is 0 Å². The van der Waals surface area contributed by atoms with E-state index in [1.165, 1.54) is 5.56 Å². The zero-order chi connectivity index (χ0) is 11.0. The van der Waals surface area contributed by atoms with E-state index in [1.54, 1.807) is 0 Å². The van der Waals surface area contributed by atoms with Crippen LogP contribution in [0.4, 0.5) is 0 Å². The van der Waals surface area contributed by atoms with Crippen LogP contribution in [0.2, 0.25) is 0 Å². The first-order valence-corrected chi connectivity index (χ1v) is 5.47. The molecule has 2 heterocycles. The van der Waals surface area contributed by atoms with Crippen molar-refractivity contribution in [3.05, 3.63) is 29.8 Å². The highest BCUT2D eigenvalue weighted by atomic mass is 16.3. The molecule has 0 aliphatic heterocycles. The first-order valence-electron chi connectivity index (χ1n) is 5.47. The van der Waals surface area contributed by atoms with Crippen LogP contribution in [0.25, 0.3) is 11.0 Å². The second kappa shape index (κ2) is 3.69. The highest BCUT2D eigenvalue weighted by molar-refractivity contribution is 5.80. The van der Waals surface area contributed by atoms with Gasteiger partial charge in [0, 0.05) is 29.3 Å².